The van der Waals surface area contributed by atoms with Crippen LogP contribution in [0.5, 0.6) is 0 Å². The monoisotopic (exact) mass is 537 g/mol. The molecule has 2 aliphatic heterocycles. The fourth-order valence-electron chi connectivity index (χ4n) is 5.03. The molecule has 8 nitrogen and oxygen atoms in total. The van der Waals surface area contributed by atoms with E-state index in [0.29, 0.717) is 18.7 Å². The van der Waals surface area contributed by atoms with E-state index < -0.39 is 24.3 Å². The van der Waals surface area contributed by atoms with Gasteiger partial charge in [0.1, 0.15) is 18.0 Å². The lowest BCUT2D eigenvalue weighted by atomic mass is 9.99. The van der Waals surface area contributed by atoms with Gasteiger partial charge in [-0.2, -0.15) is 16.8 Å². The molecule has 0 bridgehead atoms. The summed E-state index contributed by atoms with van der Waals surface area (Å²) in [6, 6.07) is 14.0. The third-order valence-electron chi connectivity index (χ3n) is 6.96. The highest BCUT2D eigenvalue weighted by atomic mass is 32.2. The number of piperazine rings is 1. The average molecular weight is 538 g/mol. The van der Waals surface area contributed by atoms with Crippen LogP contribution in [0, 0.1) is 18.2 Å². The molecule has 200 valence electrons. The van der Waals surface area contributed by atoms with Crippen molar-refractivity contribution in [2.75, 3.05) is 31.6 Å². The van der Waals surface area contributed by atoms with Gasteiger partial charge in [0.15, 0.2) is 0 Å². The summed E-state index contributed by atoms with van der Waals surface area (Å²) in [4.78, 5) is 44.1. The summed E-state index contributed by atoms with van der Waals surface area (Å²) in [5, 5.41) is 6.00. The van der Waals surface area contributed by atoms with Gasteiger partial charge in [0.25, 0.3) is 0 Å². The molecule has 0 radical (unpaired) electrons. The van der Waals surface area contributed by atoms with Gasteiger partial charge in [0.2, 0.25) is 11.8 Å². The molecule has 0 aliphatic carbocycles. The third-order valence-corrected chi connectivity index (χ3v) is 7.61. The number of amides is 4. The predicted molar refractivity (Wildman–Crippen MR) is 145 cm³/mol. The zero-order chi connectivity index (χ0) is 27.2. The van der Waals surface area contributed by atoms with Gasteiger partial charge in [-0.15, -0.1) is 6.42 Å². The Morgan fingerprint density at radius 3 is 2.55 bits per heavy atom. The van der Waals surface area contributed by atoms with E-state index in [2.05, 4.69) is 11.2 Å². The molecule has 0 aromatic heterocycles. The van der Waals surface area contributed by atoms with Crippen molar-refractivity contribution >= 4 is 29.6 Å². The molecule has 2 aromatic rings. The average Bonchev–Trinajstić information content (AvgIpc) is 2.92. The summed E-state index contributed by atoms with van der Waals surface area (Å²) >= 11 is 1.59. The number of hydrogen-bond donors (Lipinski definition) is 1. The van der Waals surface area contributed by atoms with Crippen LogP contribution < -0.4 is 5.32 Å². The SMILES string of the molecule is C#CCN1CC(=O)N2[C@@H](CCSC)C(=O)N(C(C)c3ccc(F)cc3)C[C@@H]2N1C(=O)NCc1ccccc1. The van der Waals surface area contributed by atoms with E-state index in [1.54, 1.807) is 38.7 Å². The van der Waals surface area contributed by atoms with Gasteiger partial charge in [-0.1, -0.05) is 48.4 Å². The maximum atomic E-state index is 13.8. The molecular formula is C28H32FN5O3S. The van der Waals surface area contributed by atoms with E-state index >= 15 is 0 Å². The Balaban J connectivity index is 1.68. The van der Waals surface area contributed by atoms with E-state index in [9.17, 15) is 18.8 Å². The summed E-state index contributed by atoms with van der Waals surface area (Å²) in [6.45, 7) is 2.22. The number of rotatable bonds is 8. The minimum Gasteiger partial charge on any atom is -0.333 e. The number of hydrogen-bond acceptors (Lipinski definition) is 5. The molecular weight excluding hydrogens is 505 g/mol. The van der Waals surface area contributed by atoms with Crippen LogP contribution in [0.2, 0.25) is 0 Å². The van der Waals surface area contributed by atoms with Gasteiger partial charge in [-0.3, -0.25) is 9.59 Å². The van der Waals surface area contributed by atoms with Crippen LogP contribution in [0.25, 0.3) is 0 Å². The Morgan fingerprint density at radius 2 is 1.89 bits per heavy atom. The van der Waals surface area contributed by atoms with E-state index in [1.165, 1.54) is 17.1 Å². The molecule has 1 unspecified atom stereocenters. The van der Waals surface area contributed by atoms with E-state index in [-0.39, 0.29) is 37.3 Å². The molecule has 2 fully saturated rings. The topological polar surface area (TPSA) is 76.2 Å². The zero-order valence-corrected chi connectivity index (χ0v) is 22.4. The maximum absolute atomic E-state index is 13.8. The quantitative estimate of drug-likeness (QED) is 0.524. The van der Waals surface area contributed by atoms with Gasteiger partial charge in [0, 0.05) is 6.54 Å². The molecule has 0 spiro atoms. The molecule has 3 atom stereocenters. The van der Waals surface area contributed by atoms with Gasteiger partial charge in [0.05, 0.1) is 25.7 Å². The predicted octanol–water partition coefficient (Wildman–Crippen LogP) is 3.08. The molecule has 2 heterocycles. The van der Waals surface area contributed by atoms with Crippen molar-refractivity contribution in [2.24, 2.45) is 0 Å². The first-order valence-electron chi connectivity index (χ1n) is 12.5. The van der Waals surface area contributed by atoms with Crippen molar-refractivity contribution in [1.29, 1.82) is 0 Å². The number of nitrogens with one attached hydrogen (secondary N) is 1. The second-order valence-electron chi connectivity index (χ2n) is 9.31. The van der Waals surface area contributed by atoms with E-state index in [0.717, 1.165) is 11.1 Å². The van der Waals surface area contributed by atoms with Gasteiger partial charge >= 0.3 is 6.03 Å². The normalized spacial score (nSPS) is 20.6. The first-order chi connectivity index (χ1) is 18.3. The summed E-state index contributed by atoms with van der Waals surface area (Å²) in [7, 11) is 0. The minimum atomic E-state index is -0.743. The smallest absolute Gasteiger partial charge is 0.333 e. The summed E-state index contributed by atoms with van der Waals surface area (Å²) in [5.41, 5.74) is 1.69. The van der Waals surface area contributed by atoms with Crippen LogP contribution in [0.4, 0.5) is 9.18 Å². The van der Waals surface area contributed by atoms with Gasteiger partial charge < -0.3 is 15.1 Å². The maximum Gasteiger partial charge on any atom is 0.334 e. The first-order valence-corrected chi connectivity index (χ1v) is 13.9. The second kappa shape index (κ2) is 12.3. The lowest BCUT2D eigenvalue weighted by Gasteiger charge is -2.55. The van der Waals surface area contributed by atoms with Crippen LogP contribution in [-0.4, -0.2) is 81.5 Å². The highest BCUT2D eigenvalue weighted by Crippen LogP contribution is 2.33. The molecule has 2 aliphatic rings. The zero-order valence-electron chi connectivity index (χ0n) is 21.5. The molecule has 38 heavy (non-hydrogen) atoms. The third kappa shape index (κ3) is 5.79. The molecule has 1 N–H and O–H groups in total. The van der Waals surface area contributed by atoms with Crippen molar-refractivity contribution in [3.63, 3.8) is 0 Å². The van der Waals surface area contributed by atoms with Crippen LogP contribution in [0.15, 0.2) is 54.6 Å². The van der Waals surface area contributed by atoms with Crippen molar-refractivity contribution in [3.8, 4) is 12.3 Å². The Hall–Kier alpha value is -3.55. The van der Waals surface area contributed by atoms with Crippen LogP contribution >= 0.6 is 11.8 Å². The van der Waals surface area contributed by atoms with Gasteiger partial charge in [-0.05, 0) is 48.6 Å². The van der Waals surface area contributed by atoms with Crippen molar-refractivity contribution < 1.29 is 18.8 Å². The number of terminal acetylenes is 1. The summed E-state index contributed by atoms with van der Waals surface area (Å²) < 4.78 is 13.6. The minimum absolute atomic E-state index is 0.0613. The summed E-state index contributed by atoms with van der Waals surface area (Å²) in [6.07, 6.45) is 7.26. The standard InChI is InChI=1S/C28H32FN5O3S/c1-4-15-31-19-26(35)33-24(14-16-38-3)27(36)32(20(2)22-10-12-23(29)13-11-22)18-25(33)34(31)28(37)30-17-21-8-6-5-7-9-21/h1,5-13,20,24-25H,14-19H2,2-3H3,(H,30,37)/t20?,24-,25-/m0/s1. The van der Waals surface area contributed by atoms with Crippen LogP contribution in [0.3, 0.4) is 0 Å². The first kappa shape index (κ1) is 27.5. The number of halogens is 1. The molecule has 2 saturated heterocycles. The number of fused-ring (bicyclic) bond motifs is 1. The Kier molecular flexibility index (Phi) is 8.92. The second-order valence-corrected chi connectivity index (χ2v) is 10.3. The van der Waals surface area contributed by atoms with Crippen LogP contribution in [-0.2, 0) is 16.1 Å². The van der Waals surface area contributed by atoms with Gasteiger partial charge in [-0.25, -0.2) is 14.2 Å². The van der Waals surface area contributed by atoms with Crippen LogP contribution in [0.1, 0.15) is 30.5 Å². The van der Waals surface area contributed by atoms with E-state index in [1.807, 2.05) is 43.5 Å². The molecule has 10 heteroatoms. The summed E-state index contributed by atoms with van der Waals surface area (Å²) in [5.74, 6) is 2.42. The number of thioether (sulfide) groups is 1. The number of nitrogens with zero attached hydrogens (tertiary/aromatic N) is 4. The highest BCUT2D eigenvalue weighted by molar-refractivity contribution is 7.98. The molecule has 0 saturated carbocycles. The largest absolute Gasteiger partial charge is 0.334 e. The highest BCUT2D eigenvalue weighted by Gasteiger charge is 2.51. The number of carbonyl (C=O) groups excluding carboxylic acids is 3. The number of hydrazine groups is 1. The van der Waals surface area contributed by atoms with Crippen molar-refractivity contribution in [1.82, 2.24) is 25.1 Å². The molecule has 4 rings (SSSR count). The Bertz CT molecular complexity index is 1190. The Morgan fingerprint density at radius 1 is 1.18 bits per heavy atom. The Labute approximate surface area is 227 Å². The van der Waals surface area contributed by atoms with Crippen molar-refractivity contribution in [2.45, 2.75) is 38.1 Å². The fourth-order valence-corrected chi connectivity index (χ4v) is 5.49. The lowest BCUT2D eigenvalue weighted by Crippen LogP contribution is -2.76. The molecule has 4 amide bonds. The number of urea groups is 1. The number of benzene rings is 2. The van der Waals surface area contributed by atoms with E-state index in [4.69, 9.17) is 6.42 Å². The van der Waals surface area contributed by atoms with Crippen molar-refractivity contribution in [3.05, 3.63) is 71.5 Å². The fraction of sp³-hybridized carbons (Fsp3) is 0.393. The lowest BCUT2D eigenvalue weighted by molar-refractivity contribution is -0.191. The molecule has 2 aromatic carbocycles. The number of carbonyl (C=O) groups is 3.